The molecule has 1 aromatic rings. The van der Waals surface area contributed by atoms with E-state index >= 15 is 0 Å². The van der Waals surface area contributed by atoms with Crippen LogP contribution in [0.1, 0.15) is 49.4 Å². The molecule has 0 aromatic heterocycles. The molecule has 1 unspecified atom stereocenters. The number of nitrogens with one attached hydrogen (secondary N) is 2. The van der Waals surface area contributed by atoms with Gasteiger partial charge in [-0.2, -0.15) is 0 Å². The second-order valence-electron chi connectivity index (χ2n) is 6.69. The zero-order valence-electron chi connectivity index (χ0n) is 15.2. The van der Waals surface area contributed by atoms with Gasteiger partial charge in [-0.3, -0.25) is 9.59 Å². The Hall–Kier alpha value is -2.41. The van der Waals surface area contributed by atoms with Crippen LogP contribution >= 0.6 is 0 Å². The third-order valence-electron chi connectivity index (χ3n) is 4.74. The maximum absolute atomic E-state index is 12.8. The largest absolute Gasteiger partial charge is 0.467 e. The Morgan fingerprint density at radius 3 is 2.27 bits per heavy atom. The average Bonchev–Trinajstić information content (AvgIpc) is 2.66. The predicted octanol–water partition coefficient (Wildman–Crippen LogP) is 1.16. The summed E-state index contributed by atoms with van der Waals surface area (Å²) in [6.45, 7) is 1.49. The van der Waals surface area contributed by atoms with Crippen LogP contribution in [0.25, 0.3) is 0 Å². The van der Waals surface area contributed by atoms with E-state index in [-0.39, 0.29) is 0 Å². The summed E-state index contributed by atoms with van der Waals surface area (Å²) in [6.07, 6.45) is 3.34. The fourth-order valence-electron chi connectivity index (χ4n) is 3.23. The number of benzene rings is 1. The molecule has 0 saturated heterocycles. The number of amides is 2. The molecule has 1 aliphatic carbocycles. The molecule has 142 valence electrons. The number of rotatable bonds is 6. The minimum Gasteiger partial charge on any atom is -0.467 e. The van der Waals surface area contributed by atoms with E-state index in [9.17, 15) is 19.5 Å². The van der Waals surface area contributed by atoms with Crippen molar-refractivity contribution in [3.05, 3.63) is 35.9 Å². The van der Waals surface area contributed by atoms with E-state index in [2.05, 4.69) is 15.4 Å². The van der Waals surface area contributed by atoms with E-state index in [4.69, 9.17) is 0 Å². The van der Waals surface area contributed by atoms with E-state index < -0.39 is 35.5 Å². The zero-order chi connectivity index (χ0) is 19.2. The van der Waals surface area contributed by atoms with Gasteiger partial charge in [0, 0.05) is 5.56 Å². The summed E-state index contributed by atoms with van der Waals surface area (Å²) in [5, 5.41) is 16.2. The summed E-state index contributed by atoms with van der Waals surface area (Å²) >= 11 is 0. The SMILES string of the molecule is COC(=O)C(C)NC(=O)[C@@H](NC(=O)c1ccccc1)C1(O)CCCCC1. The van der Waals surface area contributed by atoms with Gasteiger partial charge in [0.25, 0.3) is 5.91 Å². The number of carbonyl (C=O) groups excluding carboxylic acids is 3. The molecule has 2 rings (SSSR count). The second kappa shape index (κ2) is 8.80. The molecule has 0 heterocycles. The lowest BCUT2D eigenvalue weighted by Crippen LogP contribution is -2.62. The number of aliphatic hydroxyl groups is 1. The molecule has 7 nitrogen and oxygen atoms in total. The minimum atomic E-state index is -1.34. The van der Waals surface area contributed by atoms with Gasteiger partial charge in [0.15, 0.2) is 0 Å². The predicted molar refractivity (Wildman–Crippen MR) is 95.4 cm³/mol. The summed E-state index contributed by atoms with van der Waals surface area (Å²) in [6, 6.07) is 6.46. The Bertz CT molecular complexity index is 641. The topological polar surface area (TPSA) is 105 Å². The lowest BCUT2D eigenvalue weighted by molar-refractivity contribution is -0.146. The first kappa shape index (κ1) is 19.9. The fraction of sp³-hybridized carbons (Fsp3) is 0.526. The average molecular weight is 362 g/mol. The Labute approximate surface area is 153 Å². The highest BCUT2D eigenvalue weighted by atomic mass is 16.5. The molecule has 0 bridgehead atoms. The van der Waals surface area contributed by atoms with Crippen LogP contribution in [-0.4, -0.2) is 47.7 Å². The van der Waals surface area contributed by atoms with Crippen molar-refractivity contribution >= 4 is 17.8 Å². The normalized spacial score (nSPS) is 18.3. The van der Waals surface area contributed by atoms with E-state index in [1.807, 2.05) is 0 Å². The first-order valence-electron chi connectivity index (χ1n) is 8.84. The molecule has 3 N–H and O–H groups in total. The van der Waals surface area contributed by atoms with Gasteiger partial charge in [-0.1, -0.05) is 37.5 Å². The lowest BCUT2D eigenvalue weighted by Gasteiger charge is -2.38. The van der Waals surface area contributed by atoms with Crippen LogP contribution < -0.4 is 10.6 Å². The summed E-state index contributed by atoms with van der Waals surface area (Å²) in [5.74, 6) is -1.64. The highest BCUT2D eigenvalue weighted by Gasteiger charge is 2.43. The molecule has 2 atom stereocenters. The van der Waals surface area contributed by atoms with Crippen LogP contribution in [0.15, 0.2) is 30.3 Å². The van der Waals surface area contributed by atoms with Gasteiger partial charge in [-0.15, -0.1) is 0 Å². The maximum atomic E-state index is 12.8. The molecule has 0 radical (unpaired) electrons. The standard InChI is InChI=1S/C19H26N2O5/c1-13(18(24)26-2)20-17(23)15(19(25)11-7-4-8-12-19)21-16(22)14-9-5-3-6-10-14/h3,5-6,9-10,13,15,25H,4,7-8,11-12H2,1-2H3,(H,20,23)(H,21,22)/t13?,15-/m1/s1. The van der Waals surface area contributed by atoms with Crippen molar-refractivity contribution < 1.29 is 24.2 Å². The van der Waals surface area contributed by atoms with E-state index in [1.54, 1.807) is 30.3 Å². The molecular weight excluding hydrogens is 336 g/mol. The highest BCUT2D eigenvalue weighted by molar-refractivity contribution is 5.98. The summed E-state index contributed by atoms with van der Waals surface area (Å²) in [7, 11) is 1.23. The molecule has 1 aliphatic rings. The number of hydrogen-bond acceptors (Lipinski definition) is 5. The van der Waals surface area contributed by atoms with Crippen molar-refractivity contribution in [2.24, 2.45) is 0 Å². The van der Waals surface area contributed by atoms with Gasteiger partial charge in [-0.05, 0) is 31.9 Å². The molecule has 7 heteroatoms. The third kappa shape index (κ3) is 4.82. The van der Waals surface area contributed by atoms with Gasteiger partial charge in [-0.25, -0.2) is 4.79 Å². The quantitative estimate of drug-likeness (QED) is 0.659. The number of esters is 1. The Balaban J connectivity index is 2.20. The van der Waals surface area contributed by atoms with Crippen LogP contribution in [0.5, 0.6) is 0 Å². The van der Waals surface area contributed by atoms with Crippen LogP contribution in [0.4, 0.5) is 0 Å². The number of ether oxygens (including phenoxy) is 1. The van der Waals surface area contributed by atoms with E-state index in [0.29, 0.717) is 18.4 Å². The molecule has 26 heavy (non-hydrogen) atoms. The van der Waals surface area contributed by atoms with Gasteiger partial charge in [0.05, 0.1) is 12.7 Å². The number of carbonyl (C=O) groups is 3. The van der Waals surface area contributed by atoms with Gasteiger partial charge >= 0.3 is 5.97 Å². The first-order valence-corrected chi connectivity index (χ1v) is 8.84. The minimum absolute atomic E-state index is 0.394. The molecule has 1 fully saturated rings. The van der Waals surface area contributed by atoms with Crippen LogP contribution in [0.3, 0.4) is 0 Å². The third-order valence-corrected chi connectivity index (χ3v) is 4.74. The zero-order valence-corrected chi connectivity index (χ0v) is 15.2. The van der Waals surface area contributed by atoms with Crippen molar-refractivity contribution in [2.75, 3.05) is 7.11 Å². The summed E-state index contributed by atoms with van der Waals surface area (Å²) in [4.78, 5) is 36.9. The van der Waals surface area contributed by atoms with Gasteiger partial charge in [0.1, 0.15) is 12.1 Å². The Morgan fingerprint density at radius 1 is 1.08 bits per heavy atom. The van der Waals surface area contributed by atoms with Gasteiger partial charge in [0.2, 0.25) is 5.91 Å². The lowest BCUT2D eigenvalue weighted by atomic mass is 9.78. The van der Waals surface area contributed by atoms with Gasteiger partial charge < -0.3 is 20.5 Å². The van der Waals surface area contributed by atoms with Crippen molar-refractivity contribution in [1.82, 2.24) is 10.6 Å². The van der Waals surface area contributed by atoms with Crippen molar-refractivity contribution in [3.8, 4) is 0 Å². The van der Waals surface area contributed by atoms with Crippen LogP contribution in [-0.2, 0) is 14.3 Å². The molecule has 1 aromatic carbocycles. The molecule has 0 aliphatic heterocycles. The van der Waals surface area contributed by atoms with Crippen LogP contribution in [0, 0.1) is 0 Å². The number of hydrogen-bond donors (Lipinski definition) is 3. The molecule has 1 saturated carbocycles. The summed E-state index contributed by atoms with van der Waals surface area (Å²) < 4.78 is 4.61. The Kier molecular flexibility index (Phi) is 6.74. The molecule has 2 amide bonds. The van der Waals surface area contributed by atoms with Crippen molar-refractivity contribution in [2.45, 2.75) is 56.7 Å². The van der Waals surface area contributed by atoms with E-state index in [1.165, 1.54) is 14.0 Å². The smallest absolute Gasteiger partial charge is 0.328 e. The maximum Gasteiger partial charge on any atom is 0.328 e. The molecular formula is C19H26N2O5. The Morgan fingerprint density at radius 2 is 1.69 bits per heavy atom. The fourth-order valence-corrected chi connectivity index (χ4v) is 3.23. The van der Waals surface area contributed by atoms with Crippen molar-refractivity contribution in [3.63, 3.8) is 0 Å². The molecule has 0 spiro atoms. The first-order chi connectivity index (χ1) is 12.4. The highest BCUT2D eigenvalue weighted by Crippen LogP contribution is 2.31. The van der Waals surface area contributed by atoms with Crippen molar-refractivity contribution in [1.29, 1.82) is 0 Å². The second-order valence-corrected chi connectivity index (χ2v) is 6.69. The van der Waals surface area contributed by atoms with E-state index in [0.717, 1.165) is 19.3 Å². The summed E-state index contributed by atoms with van der Waals surface area (Å²) in [5.41, 5.74) is -0.950. The monoisotopic (exact) mass is 362 g/mol. The van der Waals surface area contributed by atoms with Crippen LogP contribution in [0.2, 0.25) is 0 Å². The number of methoxy groups -OCH3 is 1.